The molecule has 0 unspecified atom stereocenters. The summed E-state index contributed by atoms with van der Waals surface area (Å²) in [7, 11) is 0. The van der Waals surface area contributed by atoms with E-state index in [2.05, 4.69) is 11.2 Å². The first-order valence-electron chi connectivity index (χ1n) is 6.44. The second kappa shape index (κ2) is 6.04. The monoisotopic (exact) mass is 223 g/mol. The second-order valence-corrected chi connectivity index (χ2v) is 4.82. The van der Waals surface area contributed by atoms with Crippen LogP contribution in [0.3, 0.4) is 0 Å². The predicted molar refractivity (Wildman–Crippen MR) is 62.2 cm³/mol. The lowest BCUT2D eigenvalue weighted by Crippen LogP contribution is -2.09. The molecule has 1 aliphatic carbocycles. The van der Waals surface area contributed by atoms with Crippen molar-refractivity contribution >= 4 is 0 Å². The molecule has 3 nitrogen and oxygen atoms in total. The molecule has 3 heteroatoms. The maximum Gasteiger partial charge on any atom is 0.137 e. The number of rotatable bonds is 5. The molecule has 2 rings (SSSR count). The van der Waals surface area contributed by atoms with Crippen molar-refractivity contribution in [2.24, 2.45) is 5.92 Å². The first-order valence-corrected chi connectivity index (χ1v) is 6.44. The molecule has 0 amide bonds. The lowest BCUT2D eigenvalue weighted by atomic mass is 9.86. The molecule has 0 aromatic carbocycles. The van der Waals surface area contributed by atoms with Crippen molar-refractivity contribution in [2.45, 2.75) is 51.4 Å². The van der Waals surface area contributed by atoms with Gasteiger partial charge >= 0.3 is 0 Å². The van der Waals surface area contributed by atoms with Crippen molar-refractivity contribution < 1.29 is 9.63 Å². The number of aryl methyl sites for hydroxylation is 1. The molecule has 1 heterocycles. The zero-order chi connectivity index (χ0) is 11.2. The molecule has 1 aromatic rings. The Morgan fingerprint density at radius 1 is 1.31 bits per heavy atom. The zero-order valence-electron chi connectivity index (χ0n) is 9.82. The molecule has 0 aliphatic heterocycles. The fraction of sp³-hybridized carbons (Fsp3) is 0.769. The van der Waals surface area contributed by atoms with E-state index in [1.165, 1.54) is 32.1 Å². The van der Waals surface area contributed by atoms with Crippen molar-refractivity contribution in [1.29, 1.82) is 0 Å². The molecule has 1 fully saturated rings. The van der Waals surface area contributed by atoms with E-state index < -0.39 is 0 Å². The Balaban J connectivity index is 1.81. The summed E-state index contributed by atoms with van der Waals surface area (Å²) in [4.78, 5) is 0. The van der Waals surface area contributed by atoms with Gasteiger partial charge in [0.05, 0.1) is 5.69 Å². The standard InChI is InChI=1S/C13H21NO2/c15-8-4-7-13-10-12(14-16-13)9-11-5-2-1-3-6-11/h10-11,15H,1-9H2. The fourth-order valence-corrected chi connectivity index (χ4v) is 2.51. The van der Waals surface area contributed by atoms with E-state index in [-0.39, 0.29) is 6.61 Å². The lowest BCUT2D eigenvalue weighted by molar-refractivity contribution is 0.279. The summed E-state index contributed by atoms with van der Waals surface area (Å²) in [5, 5.41) is 12.8. The topological polar surface area (TPSA) is 46.3 Å². The summed E-state index contributed by atoms with van der Waals surface area (Å²) >= 11 is 0. The van der Waals surface area contributed by atoms with E-state index in [1.807, 2.05) is 0 Å². The molecule has 16 heavy (non-hydrogen) atoms. The summed E-state index contributed by atoms with van der Waals surface area (Å²) in [6, 6.07) is 2.06. The third kappa shape index (κ3) is 3.34. The normalized spacial score (nSPS) is 17.8. The smallest absolute Gasteiger partial charge is 0.137 e. The van der Waals surface area contributed by atoms with Gasteiger partial charge in [0.1, 0.15) is 5.76 Å². The van der Waals surface area contributed by atoms with Gasteiger partial charge in [-0.3, -0.25) is 0 Å². The van der Waals surface area contributed by atoms with E-state index in [0.29, 0.717) is 0 Å². The molecule has 90 valence electrons. The van der Waals surface area contributed by atoms with Crippen LogP contribution < -0.4 is 0 Å². The van der Waals surface area contributed by atoms with Gasteiger partial charge in [-0.15, -0.1) is 0 Å². The number of nitrogens with zero attached hydrogens (tertiary/aromatic N) is 1. The maximum absolute atomic E-state index is 8.73. The molecule has 1 aliphatic rings. The van der Waals surface area contributed by atoms with Gasteiger partial charge in [-0.25, -0.2) is 0 Å². The van der Waals surface area contributed by atoms with Crippen LogP contribution in [0.2, 0.25) is 0 Å². The van der Waals surface area contributed by atoms with Crippen molar-refractivity contribution in [3.8, 4) is 0 Å². The van der Waals surface area contributed by atoms with E-state index in [0.717, 1.165) is 36.6 Å². The van der Waals surface area contributed by atoms with E-state index in [1.54, 1.807) is 0 Å². The van der Waals surface area contributed by atoms with Crippen LogP contribution in [-0.2, 0) is 12.8 Å². The maximum atomic E-state index is 8.73. The molecule has 0 bridgehead atoms. The van der Waals surface area contributed by atoms with E-state index in [9.17, 15) is 0 Å². The van der Waals surface area contributed by atoms with E-state index >= 15 is 0 Å². The SMILES string of the molecule is OCCCc1cc(CC2CCCCC2)no1. The Hall–Kier alpha value is -0.830. The van der Waals surface area contributed by atoms with Crippen molar-refractivity contribution in [3.63, 3.8) is 0 Å². The quantitative estimate of drug-likeness (QED) is 0.834. The fourth-order valence-electron chi connectivity index (χ4n) is 2.51. The van der Waals surface area contributed by atoms with Gasteiger partial charge in [0.2, 0.25) is 0 Å². The highest BCUT2D eigenvalue weighted by molar-refractivity contribution is 5.06. The van der Waals surface area contributed by atoms with Gasteiger partial charge in [0, 0.05) is 19.1 Å². The van der Waals surface area contributed by atoms with Gasteiger partial charge in [0.15, 0.2) is 0 Å². The van der Waals surface area contributed by atoms with Gasteiger partial charge in [0.25, 0.3) is 0 Å². The highest BCUT2D eigenvalue weighted by Gasteiger charge is 2.15. The van der Waals surface area contributed by atoms with Crippen molar-refractivity contribution in [1.82, 2.24) is 5.16 Å². The van der Waals surface area contributed by atoms with Gasteiger partial charge in [-0.05, 0) is 18.8 Å². The first kappa shape index (κ1) is 11.6. The number of hydrogen-bond acceptors (Lipinski definition) is 3. The minimum absolute atomic E-state index is 0.221. The molecule has 0 atom stereocenters. The van der Waals surface area contributed by atoms with Crippen LogP contribution in [0.25, 0.3) is 0 Å². The Labute approximate surface area is 96.8 Å². The van der Waals surface area contributed by atoms with Crippen LogP contribution in [0.4, 0.5) is 0 Å². The number of hydrogen-bond donors (Lipinski definition) is 1. The molecule has 0 radical (unpaired) electrons. The molecule has 0 saturated heterocycles. The Morgan fingerprint density at radius 3 is 2.88 bits per heavy atom. The summed E-state index contributed by atoms with van der Waals surface area (Å²) in [5.74, 6) is 1.73. The molecular formula is C13H21NO2. The summed E-state index contributed by atoms with van der Waals surface area (Å²) < 4.78 is 5.25. The molecular weight excluding hydrogens is 202 g/mol. The zero-order valence-corrected chi connectivity index (χ0v) is 9.82. The Bertz CT molecular complexity index is 303. The van der Waals surface area contributed by atoms with Gasteiger partial charge in [-0.2, -0.15) is 0 Å². The highest BCUT2D eigenvalue weighted by Crippen LogP contribution is 2.26. The summed E-state index contributed by atoms with van der Waals surface area (Å²) in [6.07, 6.45) is 9.48. The van der Waals surface area contributed by atoms with Crippen LogP contribution in [0.15, 0.2) is 10.6 Å². The van der Waals surface area contributed by atoms with Crippen molar-refractivity contribution in [3.05, 3.63) is 17.5 Å². The molecule has 1 N–H and O–H groups in total. The van der Waals surface area contributed by atoms with Crippen LogP contribution in [-0.4, -0.2) is 16.9 Å². The second-order valence-electron chi connectivity index (χ2n) is 4.82. The predicted octanol–water partition coefficient (Wildman–Crippen LogP) is 2.72. The van der Waals surface area contributed by atoms with Crippen LogP contribution >= 0.6 is 0 Å². The first-order chi connectivity index (χ1) is 7.88. The van der Waals surface area contributed by atoms with Gasteiger partial charge < -0.3 is 9.63 Å². The Kier molecular flexibility index (Phi) is 4.40. The number of aliphatic hydroxyl groups excluding tert-OH is 1. The van der Waals surface area contributed by atoms with Crippen LogP contribution in [0.1, 0.15) is 50.0 Å². The summed E-state index contributed by atoms with van der Waals surface area (Å²) in [6.45, 7) is 0.221. The minimum atomic E-state index is 0.221. The molecule has 1 saturated carbocycles. The number of aliphatic hydroxyl groups is 1. The third-order valence-electron chi connectivity index (χ3n) is 3.41. The summed E-state index contributed by atoms with van der Waals surface area (Å²) in [5.41, 5.74) is 1.10. The molecule has 1 aromatic heterocycles. The Morgan fingerprint density at radius 2 is 2.12 bits per heavy atom. The third-order valence-corrected chi connectivity index (χ3v) is 3.41. The highest BCUT2D eigenvalue weighted by atomic mass is 16.5. The minimum Gasteiger partial charge on any atom is -0.396 e. The largest absolute Gasteiger partial charge is 0.396 e. The lowest BCUT2D eigenvalue weighted by Gasteiger charge is -2.19. The van der Waals surface area contributed by atoms with Gasteiger partial charge in [-0.1, -0.05) is 37.3 Å². The van der Waals surface area contributed by atoms with Crippen LogP contribution in [0.5, 0.6) is 0 Å². The van der Waals surface area contributed by atoms with E-state index in [4.69, 9.17) is 9.63 Å². The molecule has 0 spiro atoms. The average Bonchev–Trinajstić information content (AvgIpc) is 2.75. The van der Waals surface area contributed by atoms with Crippen LogP contribution in [0, 0.1) is 5.92 Å². The van der Waals surface area contributed by atoms with Crippen molar-refractivity contribution in [2.75, 3.05) is 6.61 Å². The average molecular weight is 223 g/mol. The number of aromatic nitrogens is 1.